The Morgan fingerprint density at radius 1 is 1.11 bits per heavy atom. The van der Waals surface area contributed by atoms with Crippen molar-refractivity contribution in [3.63, 3.8) is 0 Å². The molecule has 0 atom stereocenters. The molecule has 0 aliphatic heterocycles. The van der Waals surface area contributed by atoms with E-state index < -0.39 is 10.0 Å². The number of benzene rings is 2. The lowest BCUT2D eigenvalue weighted by Gasteiger charge is -2.23. The first kappa shape index (κ1) is 20.9. The van der Waals surface area contributed by atoms with Crippen LogP contribution in [0.25, 0.3) is 0 Å². The van der Waals surface area contributed by atoms with Crippen molar-refractivity contribution in [3.05, 3.63) is 70.8 Å². The number of nitrogens with zero attached hydrogens (tertiary/aromatic N) is 2. The second-order valence-corrected chi connectivity index (χ2v) is 8.39. The fraction of sp³-hybridized carbons (Fsp3) is 0.350. The molecule has 0 heterocycles. The van der Waals surface area contributed by atoms with E-state index in [4.69, 9.17) is 0 Å². The van der Waals surface area contributed by atoms with Crippen molar-refractivity contribution in [1.29, 1.82) is 0 Å². The minimum atomic E-state index is -3.28. The first-order valence-electron chi connectivity index (χ1n) is 8.80. The summed E-state index contributed by atoms with van der Waals surface area (Å²) in [6, 6.07) is 15.8. The van der Waals surface area contributed by atoms with E-state index in [1.807, 2.05) is 43.4 Å². The van der Waals surface area contributed by atoms with Gasteiger partial charge in [0, 0.05) is 27.2 Å². The highest BCUT2D eigenvalue weighted by Crippen LogP contribution is 2.11. The molecule has 0 spiro atoms. The Labute approximate surface area is 162 Å². The van der Waals surface area contributed by atoms with Crippen LogP contribution in [0.3, 0.4) is 0 Å². The molecule has 2 N–H and O–H groups in total. The van der Waals surface area contributed by atoms with Gasteiger partial charge in [0.25, 0.3) is 0 Å². The SMILES string of the molecule is CN=C(NCc1cccc(CS(=O)(=O)NC)c1)N(C)Cc1ccccc1C. The van der Waals surface area contributed by atoms with Crippen molar-refractivity contribution in [2.24, 2.45) is 4.99 Å². The lowest BCUT2D eigenvalue weighted by atomic mass is 10.1. The maximum Gasteiger partial charge on any atom is 0.215 e. The first-order valence-corrected chi connectivity index (χ1v) is 10.4. The van der Waals surface area contributed by atoms with Crippen LogP contribution in [-0.4, -0.2) is 40.4 Å². The Hall–Kier alpha value is -2.38. The van der Waals surface area contributed by atoms with Gasteiger partial charge in [-0.05, 0) is 36.2 Å². The Kier molecular flexibility index (Phi) is 7.38. The summed E-state index contributed by atoms with van der Waals surface area (Å²) in [5, 5.41) is 3.34. The molecule has 2 aromatic rings. The summed E-state index contributed by atoms with van der Waals surface area (Å²) in [7, 11) is 1.90. The second kappa shape index (κ2) is 9.53. The average Bonchev–Trinajstić information content (AvgIpc) is 2.64. The van der Waals surface area contributed by atoms with E-state index >= 15 is 0 Å². The summed E-state index contributed by atoms with van der Waals surface area (Å²) in [6.45, 7) is 3.43. The molecule has 0 aromatic heterocycles. The van der Waals surface area contributed by atoms with Crippen LogP contribution < -0.4 is 10.0 Å². The standard InChI is InChI=1S/C20H28N4O2S/c1-16-8-5-6-11-19(16)14-24(4)20(21-2)23-13-17-9-7-10-18(12-17)15-27(25,26)22-3/h5-12,22H,13-15H2,1-4H3,(H,21,23). The van der Waals surface area contributed by atoms with Gasteiger partial charge >= 0.3 is 0 Å². The average molecular weight is 389 g/mol. The van der Waals surface area contributed by atoms with E-state index in [9.17, 15) is 8.42 Å². The molecule has 146 valence electrons. The number of guanidine groups is 1. The van der Waals surface area contributed by atoms with Crippen LogP contribution in [0.4, 0.5) is 0 Å². The number of hydrogen-bond donors (Lipinski definition) is 2. The lowest BCUT2D eigenvalue weighted by molar-refractivity contribution is 0.475. The highest BCUT2D eigenvalue weighted by Gasteiger charge is 2.10. The third kappa shape index (κ3) is 6.37. The zero-order chi connectivity index (χ0) is 19.9. The van der Waals surface area contributed by atoms with Crippen molar-refractivity contribution in [2.45, 2.75) is 25.8 Å². The van der Waals surface area contributed by atoms with Crippen LogP contribution in [0.1, 0.15) is 22.3 Å². The fourth-order valence-electron chi connectivity index (χ4n) is 2.80. The van der Waals surface area contributed by atoms with Crippen LogP contribution in [-0.2, 0) is 28.9 Å². The van der Waals surface area contributed by atoms with Gasteiger partial charge in [-0.3, -0.25) is 4.99 Å². The Bertz CT molecular complexity index is 894. The third-order valence-corrected chi connectivity index (χ3v) is 5.69. The number of aliphatic imine (C=N–C) groups is 1. The predicted molar refractivity (Wildman–Crippen MR) is 111 cm³/mol. The molecular formula is C20H28N4O2S. The molecule has 0 saturated heterocycles. The van der Waals surface area contributed by atoms with E-state index in [-0.39, 0.29) is 5.75 Å². The largest absolute Gasteiger partial charge is 0.352 e. The van der Waals surface area contributed by atoms with Crippen LogP contribution in [0.5, 0.6) is 0 Å². The molecular weight excluding hydrogens is 360 g/mol. The molecule has 0 radical (unpaired) electrons. The fourth-order valence-corrected chi connectivity index (χ4v) is 3.57. The molecule has 27 heavy (non-hydrogen) atoms. The summed E-state index contributed by atoms with van der Waals surface area (Å²) < 4.78 is 25.8. The van der Waals surface area contributed by atoms with Gasteiger partial charge in [0.1, 0.15) is 0 Å². The molecule has 6 nitrogen and oxygen atoms in total. The molecule has 0 amide bonds. The topological polar surface area (TPSA) is 73.8 Å². The van der Waals surface area contributed by atoms with Gasteiger partial charge in [-0.1, -0.05) is 48.5 Å². The van der Waals surface area contributed by atoms with Gasteiger partial charge in [-0.25, -0.2) is 13.1 Å². The van der Waals surface area contributed by atoms with Crippen LogP contribution >= 0.6 is 0 Å². The van der Waals surface area contributed by atoms with Gasteiger partial charge in [-0.2, -0.15) is 0 Å². The molecule has 0 unspecified atom stereocenters. The highest BCUT2D eigenvalue weighted by molar-refractivity contribution is 7.88. The quantitative estimate of drug-likeness (QED) is 0.564. The van der Waals surface area contributed by atoms with Crippen molar-refractivity contribution in [3.8, 4) is 0 Å². The molecule has 0 bridgehead atoms. The van der Waals surface area contributed by atoms with Gasteiger partial charge in [0.15, 0.2) is 5.96 Å². The van der Waals surface area contributed by atoms with E-state index in [1.165, 1.54) is 18.2 Å². The smallest absolute Gasteiger partial charge is 0.215 e. The highest BCUT2D eigenvalue weighted by atomic mass is 32.2. The van der Waals surface area contributed by atoms with Crippen LogP contribution in [0.15, 0.2) is 53.5 Å². The lowest BCUT2D eigenvalue weighted by Crippen LogP contribution is -2.38. The number of rotatable bonds is 7. The summed E-state index contributed by atoms with van der Waals surface area (Å²) in [5.74, 6) is 0.755. The summed E-state index contributed by atoms with van der Waals surface area (Å²) in [4.78, 5) is 6.42. The van der Waals surface area contributed by atoms with E-state index in [1.54, 1.807) is 7.05 Å². The van der Waals surface area contributed by atoms with Crippen molar-refractivity contribution >= 4 is 16.0 Å². The number of aryl methyl sites for hydroxylation is 1. The Morgan fingerprint density at radius 3 is 2.48 bits per heavy atom. The number of nitrogens with one attached hydrogen (secondary N) is 2. The summed E-state index contributed by atoms with van der Waals surface area (Å²) in [6.07, 6.45) is 0. The Morgan fingerprint density at radius 2 is 1.81 bits per heavy atom. The minimum Gasteiger partial charge on any atom is -0.352 e. The van der Waals surface area contributed by atoms with Crippen LogP contribution in [0, 0.1) is 6.92 Å². The van der Waals surface area contributed by atoms with Gasteiger partial charge in [0.2, 0.25) is 10.0 Å². The van der Waals surface area contributed by atoms with E-state index in [0.29, 0.717) is 6.54 Å². The molecule has 0 aliphatic rings. The van der Waals surface area contributed by atoms with E-state index in [2.05, 4.69) is 39.0 Å². The molecule has 0 aliphatic carbocycles. The molecule has 0 fully saturated rings. The number of hydrogen-bond acceptors (Lipinski definition) is 3. The van der Waals surface area contributed by atoms with Crippen molar-refractivity contribution in [2.75, 3.05) is 21.1 Å². The molecule has 2 rings (SSSR count). The van der Waals surface area contributed by atoms with Crippen molar-refractivity contribution in [1.82, 2.24) is 14.9 Å². The van der Waals surface area contributed by atoms with Gasteiger partial charge in [-0.15, -0.1) is 0 Å². The van der Waals surface area contributed by atoms with Crippen LogP contribution in [0.2, 0.25) is 0 Å². The molecule has 2 aromatic carbocycles. The third-order valence-electron chi connectivity index (χ3n) is 4.35. The maximum atomic E-state index is 11.7. The first-order chi connectivity index (χ1) is 12.8. The number of sulfonamides is 1. The zero-order valence-corrected chi connectivity index (χ0v) is 17.2. The maximum absolute atomic E-state index is 11.7. The monoisotopic (exact) mass is 388 g/mol. The van der Waals surface area contributed by atoms with Crippen molar-refractivity contribution < 1.29 is 8.42 Å². The molecule has 7 heteroatoms. The van der Waals surface area contributed by atoms with Gasteiger partial charge < -0.3 is 10.2 Å². The van der Waals surface area contributed by atoms with Gasteiger partial charge in [0.05, 0.1) is 5.75 Å². The Balaban J connectivity index is 2.00. The van der Waals surface area contributed by atoms with E-state index in [0.717, 1.165) is 23.6 Å². The molecule has 0 saturated carbocycles. The summed E-state index contributed by atoms with van der Waals surface area (Å²) in [5.41, 5.74) is 4.26. The normalized spacial score (nSPS) is 12.1. The predicted octanol–water partition coefficient (Wildman–Crippen LogP) is 2.25. The zero-order valence-electron chi connectivity index (χ0n) is 16.4. The summed E-state index contributed by atoms with van der Waals surface area (Å²) >= 11 is 0. The minimum absolute atomic E-state index is 0.0285. The second-order valence-electron chi connectivity index (χ2n) is 6.47.